The molecule has 3 unspecified atom stereocenters. The summed E-state index contributed by atoms with van der Waals surface area (Å²) in [5.74, 6) is -0.656. The number of hydrogen-bond donors (Lipinski definition) is 0. The summed E-state index contributed by atoms with van der Waals surface area (Å²) in [7, 11) is -4.07. The topological polar surface area (TPSA) is 74.3 Å². The zero-order valence-corrected chi connectivity index (χ0v) is 16.5. The van der Waals surface area contributed by atoms with Crippen LogP contribution in [-0.4, -0.2) is 36.5 Å². The maximum absolute atomic E-state index is 12.0. The zero-order chi connectivity index (χ0) is 18.3. The number of Topliss-reactive ketones (excluding diaryl/α,β-unsaturated/α-hetero) is 1. The first-order chi connectivity index (χ1) is 10.9. The normalized spacial score (nSPS) is 31.0. The van der Waals surface area contributed by atoms with Gasteiger partial charge in [0.15, 0.2) is 10.7 Å². The van der Waals surface area contributed by atoms with Crippen LogP contribution in [0, 0.1) is 16.7 Å². The maximum atomic E-state index is 12.0. The molecule has 2 saturated carbocycles. The first-order valence-electron chi connectivity index (χ1n) is 8.04. The van der Waals surface area contributed by atoms with Crippen molar-refractivity contribution < 1.29 is 17.8 Å². The Hall–Kier alpha value is -0.850. The second-order valence-electron chi connectivity index (χ2n) is 7.61. The minimum Gasteiger partial charge on any atom is -0.747 e. The molecule has 0 radical (unpaired) electrons. The first-order valence-corrected chi connectivity index (χ1v) is 11.6. The highest BCUT2D eigenvalue weighted by Crippen LogP contribution is 2.64. The van der Waals surface area contributed by atoms with E-state index in [1.807, 2.05) is 13.8 Å². The number of rotatable bonds is 2. The monoisotopic (exact) mass is 370 g/mol. The molecule has 3 rings (SSSR count). The molecule has 2 aliphatic rings. The van der Waals surface area contributed by atoms with E-state index in [4.69, 9.17) is 0 Å². The van der Waals surface area contributed by atoms with E-state index in [1.54, 1.807) is 6.92 Å². The fraction of sp³-hybridized carbons (Fsp3) is 0.611. The van der Waals surface area contributed by atoms with E-state index in [9.17, 15) is 17.8 Å². The largest absolute Gasteiger partial charge is 0.747 e. The van der Waals surface area contributed by atoms with Gasteiger partial charge >= 0.3 is 0 Å². The van der Waals surface area contributed by atoms with Crippen LogP contribution < -0.4 is 0 Å². The minimum atomic E-state index is -4.49. The summed E-state index contributed by atoms with van der Waals surface area (Å²) in [6.07, 6.45) is 5.83. The lowest BCUT2D eigenvalue weighted by molar-refractivity contribution is -0.128. The van der Waals surface area contributed by atoms with E-state index in [0.717, 1.165) is 0 Å². The third kappa shape index (κ3) is 3.16. The molecule has 2 bridgehead atoms. The summed E-state index contributed by atoms with van der Waals surface area (Å²) < 4.78 is 33.3. The van der Waals surface area contributed by atoms with Crippen LogP contribution in [0.4, 0.5) is 0 Å². The van der Waals surface area contributed by atoms with E-state index in [0.29, 0.717) is 23.7 Å². The molecule has 0 spiro atoms. The molecule has 0 aliphatic heterocycles. The van der Waals surface area contributed by atoms with E-state index in [-0.39, 0.29) is 17.1 Å². The Bertz CT molecular complexity index is 710. The summed E-state index contributed by atoms with van der Waals surface area (Å²) >= 11 is 0. The number of benzene rings is 1. The second kappa shape index (κ2) is 6.46. The molecule has 6 heteroatoms. The predicted octanol–water partition coefficient (Wildman–Crippen LogP) is 2.85. The lowest BCUT2D eigenvalue weighted by Crippen LogP contribution is -2.38. The molecule has 3 atom stereocenters. The molecule has 2 aliphatic carbocycles. The van der Waals surface area contributed by atoms with Gasteiger partial charge in [0, 0.05) is 16.3 Å². The van der Waals surface area contributed by atoms with Gasteiger partial charge < -0.3 is 4.55 Å². The Morgan fingerprint density at radius 1 is 1.12 bits per heavy atom. The van der Waals surface area contributed by atoms with Gasteiger partial charge in [0.2, 0.25) is 0 Å². The summed E-state index contributed by atoms with van der Waals surface area (Å²) in [6.45, 7) is 5.59. The molecule has 0 heterocycles. The van der Waals surface area contributed by atoms with Crippen LogP contribution >= 0.6 is 0 Å². The summed E-state index contributed by atoms with van der Waals surface area (Å²) in [4.78, 5) is 13.4. The van der Waals surface area contributed by atoms with Crippen molar-refractivity contribution in [3.63, 3.8) is 0 Å². The average molecular weight is 371 g/mol. The van der Waals surface area contributed by atoms with Gasteiger partial charge in [0.05, 0.1) is 0 Å². The van der Waals surface area contributed by atoms with Gasteiger partial charge in [0.25, 0.3) is 0 Å². The number of carbonyl (C=O) groups is 1. The van der Waals surface area contributed by atoms with Crippen LogP contribution in [0.15, 0.2) is 35.2 Å². The Morgan fingerprint density at radius 2 is 1.67 bits per heavy atom. The molecule has 0 saturated heterocycles. The highest BCUT2D eigenvalue weighted by atomic mass is 32.2. The fourth-order valence-corrected chi connectivity index (χ4v) is 6.13. The number of fused-ring (bicyclic) bond motifs is 2. The van der Waals surface area contributed by atoms with Crippen LogP contribution in [0.25, 0.3) is 0 Å². The van der Waals surface area contributed by atoms with E-state index in [1.165, 1.54) is 4.90 Å². The average Bonchev–Trinajstić information content (AvgIpc) is 2.80. The van der Waals surface area contributed by atoms with Gasteiger partial charge in [-0.05, 0) is 36.3 Å². The van der Waals surface area contributed by atoms with Crippen molar-refractivity contribution in [3.05, 3.63) is 30.3 Å². The highest BCUT2D eigenvalue weighted by molar-refractivity contribution is 7.95. The quantitative estimate of drug-likeness (QED) is 0.593. The van der Waals surface area contributed by atoms with Gasteiger partial charge in [-0.15, -0.1) is 0 Å². The second-order valence-corrected chi connectivity index (χ2v) is 11.2. The zero-order valence-electron chi connectivity index (χ0n) is 14.9. The van der Waals surface area contributed by atoms with Gasteiger partial charge in [-0.25, -0.2) is 8.42 Å². The molecule has 1 aromatic carbocycles. The van der Waals surface area contributed by atoms with Crippen molar-refractivity contribution in [1.29, 1.82) is 0 Å². The highest BCUT2D eigenvalue weighted by Gasteiger charge is 2.67. The third-order valence-corrected chi connectivity index (χ3v) is 8.38. The van der Waals surface area contributed by atoms with Crippen molar-refractivity contribution in [2.24, 2.45) is 16.7 Å². The van der Waals surface area contributed by atoms with E-state index >= 15 is 0 Å². The van der Waals surface area contributed by atoms with Crippen LogP contribution in [-0.2, 0) is 25.8 Å². The number of ketones is 1. The smallest absolute Gasteiger partial charge is 0.156 e. The Balaban J connectivity index is 0.000000198. The lowest BCUT2D eigenvalue weighted by atomic mass is 9.70. The van der Waals surface area contributed by atoms with Crippen LogP contribution in [0.5, 0.6) is 0 Å². The SMILES string of the molecule is CC12CCC(C(S(=O)(=O)[O-])C1=O)C2(C)C.C[S+](C)c1ccccc1. The molecule has 0 N–H and O–H groups in total. The number of hydrogen-bond acceptors (Lipinski definition) is 4. The van der Waals surface area contributed by atoms with Crippen LogP contribution in [0.1, 0.15) is 33.6 Å². The first kappa shape index (κ1) is 19.5. The van der Waals surface area contributed by atoms with E-state index in [2.05, 4.69) is 42.8 Å². The Kier molecular flexibility index (Phi) is 5.25. The number of carbonyl (C=O) groups excluding carboxylic acids is 1. The van der Waals surface area contributed by atoms with Gasteiger partial charge in [0.1, 0.15) is 27.9 Å². The van der Waals surface area contributed by atoms with Crippen molar-refractivity contribution in [2.75, 3.05) is 12.5 Å². The molecule has 134 valence electrons. The molecular weight excluding hydrogens is 344 g/mol. The van der Waals surface area contributed by atoms with Gasteiger partial charge in [-0.1, -0.05) is 39.0 Å². The van der Waals surface area contributed by atoms with Crippen molar-refractivity contribution in [2.45, 2.75) is 43.8 Å². The molecule has 4 nitrogen and oxygen atoms in total. The van der Waals surface area contributed by atoms with Crippen LogP contribution in [0.3, 0.4) is 0 Å². The van der Waals surface area contributed by atoms with Crippen molar-refractivity contribution in [3.8, 4) is 0 Å². The van der Waals surface area contributed by atoms with Crippen molar-refractivity contribution >= 4 is 26.8 Å². The minimum absolute atomic E-state index is 0.294. The molecule has 1 aromatic rings. The molecule has 0 aromatic heterocycles. The molecule has 2 fully saturated rings. The molecular formula is C18H26O4S2. The van der Waals surface area contributed by atoms with Gasteiger partial charge in [-0.2, -0.15) is 0 Å². The van der Waals surface area contributed by atoms with Crippen molar-refractivity contribution in [1.82, 2.24) is 0 Å². The predicted molar refractivity (Wildman–Crippen MR) is 97.0 cm³/mol. The Labute approximate surface area is 148 Å². The Morgan fingerprint density at radius 3 is 1.96 bits per heavy atom. The van der Waals surface area contributed by atoms with Crippen LogP contribution in [0.2, 0.25) is 0 Å². The summed E-state index contributed by atoms with van der Waals surface area (Å²) in [6, 6.07) is 10.6. The molecule has 24 heavy (non-hydrogen) atoms. The molecule has 0 amide bonds. The standard InChI is InChI=1S/C10H16O4S.C8H11S/c1-9(2)6-4-5-10(9,3)8(11)7(6)15(12,13)14;1-9(2)8-6-4-3-5-7-8/h6-7H,4-5H2,1-3H3,(H,12,13,14);3-7H,1-2H3/q;+1/p-1. The fourth-order valence-electron chi connectivity index (χ4n) is 4.03. The van der Waals surface area contributed by atoms with E-state index < -0.39 is 20.8 Å². The third-order valence-electron chi connectivity index (χ3n) is 6.00. The van der Waals surface area contributed by atoms with Gasteiger partial charge in [-0.3, -0.25) is 4.79 Å². The summed E-state index contributed by atoms with van der Waals surface area (Å²) in [5, 5.41) is -1.30. The lowest BCUT2D eigenvalue weighted by Gasteiger charge is -2.32. The summed E-state index contributed by atoms with van der Waals surface area (Å²) in [5.41, 5.74) is -0.994. The maximum Gasteiger partial charge on any atom is 0.156 e.